The summed E-state index contributed by atoms with van der Waals surface area (Å²) in [4.78, 5) is 43.5. The first-order valence-corrected chi connectivity index (χ1v) is 15.0. The van der Waals surface area contributed by atoms with Crippen LogP contribution in [-0.2, 0) is 16.0 Å². The molecule has 10 heteroatoms. The van der Waals surface area contributed by atoms with E-state index in [0.29, 0.717) is 60.9 Å². The van der Waals surface area contributed by atoms with Gasteiger partial charge in [0, 0.05) is 38.4 Å². The topological polar surface area (TPSA) is 93.8 Å². The molecule has 1 atom stereocenters. The molecule has 0 unspecified atom stereocenters. The summed E-state index contributed by atoms with van der Waals surface area (Å²) in [5, 5.41) is 9.38. The van der Waals surface area contributed by atoms with E-state index in [4.69, 9.17) is 23.2 Å². The largest absolute Gasteiger partial charge is 0.342 e. The molecule has 0 aromatic heterocycles. The molecule has 2 heterocycles. The lowest BCUT2D eigenvalue weighted by Crippen LogP contribution is -2.72. The molecule has 8 nitrogen and oxygen atoms in total. The summed E-state index contributed by atoms with van der Waals surface area (Å²) >= 11 is 11.9. The Morgan fingerprint density at radius 2 is 1.77 bits per heavy atom. The van der Waals surface area contributed by atoms with Gasteiger partial charge in [0.2, 0.25) is 11.8 Å². The molecule has 0 aliphatic carbocycles. The maximum Gasteiger partial charge on any atom is 0.319 e. The van der Waals surface area contributed by atoms with Crippen molar-refractivity contribution in [3.05, 3.63) is 64.1 Å². The van der Waals surface area contributed by atoms with Crippen molar-refractivity contribution in [2.45, 2.75) is 63.5 Å². The minimum absolute atomic E-state index is 0.0181. The lowest BCUT2D eigenvalue weighted by atomic mass is 9.81. The van der Waals surface area contributed by atoms with Crippen molar-refractivity contribution in [3.8, 4) is 0 Å². The van der Waals surface area contributed by atoms with Crippen LogP contribution in [-0.4, -0.2) is 71.9 Å². The number of anilines is 1. The molecule has 4 amide bonds. The summed E-state index contributed by atoms with van der Waals surface area (Å²) < 4.78 is 0. The second-order valence-electron chi connectivity index (χ2n) is 10.6. The van der Waals surface area contributed by atoms with Crippen LogP contribution in [0.3, 0.4) is 0 Å². The number of piperazine rings is 1. The number of carbonyl (C=O) groups excluding carboxylic acids is 3. The lowest BCUT2D eigenvalue weighted by Gasteiger charge is -2.51. The molecule has 0 saturated carbocycles. The SMILES string of the molecule is CCCN1C(=O)[C@H](CCCCNC(=O)Nc2ccc(Cl)c(Cl)c2)NC(=O)C12CCN(CCc1ccccc1)CC2. The van der Waals surface area contributed by atoms with Gasteiger partial charge >= 0.3 is 6.03 Å². The summed E-state index contributed by atoms with van der Waals surface area (Å²) in [6, 6.07) is 14.5. The predicted octanol–water partition coefficient (Wildman–Crippen LogP) is 5.10. The smallest absolute Gasteiger partial charge is 0.319 e. The standard InChI is InChI=1S/C30H39Cl2N5O3/c1-2-17-37-27(38)26(10-6-7-16-33-29(40)34-23-11-12-24(31)25(32)21-23)35-28(39)30(37)14-19-36(20-15-30)18-13-22-8-4-3-5-9-22/h3-5,8-9,11-12,21,26H,2,6-7,10,13-20H2,1H3,(H,35,39)(H2,33,34,40)/t26-/m0/s1. The van der Waals surface area contributed by atoms with Gasteiger partial charge in [-0.1, -0.05) is 60.5 Å². The van der Waals surface area contributed by atoms with Crippen LogP contribution >= 0.6 is 23.2 Å². The molecule has 216 valence electrons. The van der Waals surface area contributed by atoms with E-state index >= 15 is 0 Å². The Balaban J connectivity index is 1.23. The molecule has 2 aliphatic heterocycles. The normalized spacial score (nSPS) is 19.0. The maximum atomic E-state index is 13.6. The van der Waals surface area contributed by atoms with E-state index in [9.17, 15) is 14.4 Å². The number of rotatable bonds is 11. The first kappa shape index (κ1) is 30.2. The number of likely N-dealkylation sites (tertiary alicyclic amines) is 1. The van der Waals surface area contributed by atoms with Crippen LogP contribution in [0.5, 0.6) is 0 Å². The van der Waals surface area contributed by atoms with Crippen molar-refractivity contribution in [2.24, 2.45) is 0 Å². The summed E-state index contributed by atoms with van der Waals surface area (Å²) in [5.74, 6) is -0.00288. The fraction of sp³-hybridized carbons (Fsp3) is 0.500. The van der Waals surface area contributed by atoms with Crippen molar-refractivity contribution in [2.75, 3.05) is 38.0 Å². The number of nitrogens with one attached hydrogen (secondary N) is 3. The Morgan fingerprint density at radius 1 is 1.02 bits per heavy atom. The average molecular weight is 589 g/mol. The number of nitrogens with zero attached hydrogens (tertiary/aromatic N) is 2. The first-order valence-electron chi connectivity index (χ1n) is 14.2. The van der Waals surface area contributed by atoms with Crippen LogP contribution in [0.2, 0.25) is 10.0 Å². The van der Waals surface area contributed by atoms with Crippen LogP contribution in [0.1, 0.15) is 51.0 Å². The van der Waals surface area contributed by atoms with E-state index in [1.165, 1.54) is 5.56 Å². The highest BCUT2D eigenvalue weighted by Crippen LogP contribution is 2.34. The van der Waals surface area contributed by atoms with Gasteiger partial charge in [-0.25, -0.2) is 4.79 Å². The Labute approximate surface area is 246 Å². The van der Waals surface area contributed by atoms with Gasteiger partial charge in [-0.2, -0.15) is 0 Å². The highest BCUT2D eigenvalue weighted by atomic mass is 35.5. The van der Waals surface area contributed by atoms with Gasteiger partial charge < -0.3 is 25.8 Å². The van der Waals surface area contributed by atoms with Gasteiger partial charge in [0.1, 0.15) is 11.6 Å². The van der Waals surface area contributed by atoms with Crippen LogP contribution < -0.4 is 16.0 Å². The first-order chi connectivity index (χ1) is 19.3. The van der Waals surface area contributed by atoms with Crippen molar-refractivity contribution in [1.82, 2.24) is 20.4 Å². The second-order valence-corrected chi connectivity index (χ2v) is 11.4. The summed E-state index contributed by atoms with van der Waals surface area (Å²) in [7, 11) is 0. The number of urea groups is 1. The minimum atomic E-state index is -0.753. The van der Waals surface area contributed by atoms with E-state index in [1.54, 1.807) is 18.2 Å². The number of carbonyl (C=O) groups is 3. The van der Waals surface area contributed by atoms with Crippen molar-refractivity contribution >= 4 is 46.7 Å². The Kier molecular flexibility index (Phi) is 10.7. The van der Waals surface area contributed by atoms with Gasteiger partial charge in [-0.05, 0) is 68.7 Å². The zero-order chi connectivity index (χ0) is 28.5. The number of benzene rings is 2. The summed E-state index contributed by atoms with van der Waals surface area (Å²) in [6.07, 6.45) is 5.02. The van der Waals surface area contributed by atoms with E-state index < -0.39 is 11.6 Å². The zero-order valence-electron chi connectivity index (χ0n) is 23.1. The molecule has 40 heavy (non-hydrogen) atoms. The third-order valence-electron chi connectivity index (χ3n) is 7.88. The Bertz CT molecular complexity index is 1170. The molecular weight excluding hydrogens is 549 g/mol. The monoisotopic (exact) mass is 587 g/mol. The minimum Gasteiger partial charge on any atom is -0.342 e. The molecule has 2 aromatic carbocycles. The Hall–Kier alpha value is -2.81. The highest BCUT2D eigenvalue weighted by molar-refractivity contribution is 6.42. The van der Waals surface area contributed by atoms with Crippen LogP contribution in [0.4, 0.5) is 10.5 Å². The number of amides is 4. The highest BCUT2D eigenvalue weighted by Gasteiger charge is 2.52. The number of piperidine rings is 1. The molecule has 1 spiro atoms. The van der Waals surface area contributed by atoms with Crippen LogP contribution in [0.15, 0.2) is 48.5 Å². The maximum absolute atomic E-state index is 13.6. The molecular formula is C30H39Cl2N5O3. The van der Waals surface area contributed by atoms with Crippen molar-refractivity contribution in [1.29, 1.82) is 0 Å². The average Bonchev–Trinajstić information content (AvgIpc) is 2.96. The van der Waals surface area contributed by atoms with Gasteiger partial charge in [0.05, 0.1) is 10.0 Å². The predicted molar refractivity (Wildman–Crippen MR) is 160 cm³/mol. The van der Waals surface area contributed by atoms with E-state index in [2.05, 4.69) is 45.1 Å². The summed E-state index contributed by atoms with van der Waals surface area (Å²) in [6.45, 7) is 5.63. The number of hydrogen-bond acceptors (Lipinski definition) is 4. The molecule has 2 saturated heterocycles. The van der Waals surface area contributed by atoms with Crippen molar-refractivity contribution in [3.63, 3.8) is 0 Å². The third-order valence-corrected chi connectivity index (χ3v) is 8.62. The van der Waals surface area contributed by atoms with E-state index in [0.717, 1.165) is 32.5 Å². The quantitative estimate of drug-likeness (QED) is 0.319. The van der Waals surface area contributed by atoms with Gasteiger partial charge in [0.25, 0.3) is 0 Å². The number of hydrogen-bond donors (Lipinski definition) is 3. The zero-order valence-corrected chi connectivity index (χ0v) is 24.6. The number of unbranched alkanes of at least 4 members (excludes halogenated alkanes) is 1. The molecule has 3 N–H and O–H groups in total. The lowest BCUT2D eigenvalue weighted by molar-refractivity contribution is -0.161. The molecule has 0 radical (unpaired) electrons. The molecule has 2 aromatic rings. The number of halogens is 2. The van der Waals surface area contributed by atoms with E-state index in [-0.39, 0.29) is 17.8 Å². The van der Waals surface area contributed by atoms with Crippen LogP contribution in [0, 0.1) is 0 Å². The summed E-state index contributed by atoms with van der Waals surface area (Å²) in [5.41, 5.74) is 1.11. The second kappa shape index (κ2) is 14.2. The molecule has 4 rings (SSSR count). The van der Waals surface area contributed by atoms with Gasteiger partial charge in [-0.15, -0.1) is 0 Å². The molecule has 0 bridgehead atoms. The molecule has 2 fully saturated rings. The van der Waals surface area contributed by atoms with Gasteiger partial charge in [0.15, 0.2) is 0 Å². The van der Waals surface area contributed by atoms with Crippen molar-refractivity contribution < 1.29 is 14.4 Å². The fourth-order valence-corrected chi connectivity index (χ4v) is 5.92. The fourth-order valence-electron chi connectivity index (χ4n) is 5.62. The Morgan fingerprint density at radius 3 is 2.48 bits per heavy atom. The third kappa shape index (κ3) is 7.47. The van der Waals surface area contributed by atoms with Gasteiger partial charge in [-0.3, -0.25) is 9.59 Å². The van der Waals surface area contributed by atoms with Crippen LogP contribution in [0.25, 0.3) is 0 Å². The molecule has 2 aliphatic rings. The van der Waals surface area contributed by atoms with E-state index in [1.807, 2.05) is 17.9 Å².